The van der Waals surface area contributed by atoms with E-state index in [1.807, 2.05) is 0 Å². The summed E-state index contributed by atoms with van der Waals surface area (Å²) in [6.07, 6.45) is -2.05. The Balaban J connectivity index is 1.70. The summed E-state index contributed by atoms with van der Waals surface area (Å²) in [5.74, 6) is -0.694. The zero-order valence-corrected chi connectivity index (χ0v) is 15.4. The Morgan fingerprint density at radius 1 is 1.10 bits per heavy atom. The number of aromatic nitrogens is 5. The van der Waals surface area contributed by atoms with Crippen LogP contribution in [0.2, 0.25) is 0 Å². The largest absolute Gasteiger partial charge is 0.573 e. The summed E-state index contributed by atoms with van der Waals surface area (Å²) >= 11 is 0. The van der Waals surface area contributed by atoms with E-state index >= 15 is 0 Å². The number of ether oxygens (including phenoxy) is 1. The van der Waals surface area contributed by atoms with Crippen molar-refractivity contribution in [3.05, 3.63) is 66.1 Å². The van der Waals surface area contributed by atoms with Crippen LogP contribution in [0.4, 0.5) is 19.0 Å². The normalized spacial score (nSPS) is 11.5. The minimum atomic E-state index is -4.85. The van der Waals surface area contributed by atoms with Crippen LogP contribution in [0.25, 0.3) is 16.9 Å². The fourth-order valence-corrected chi connectivity index (χ4v) is 2.72. The highest BCUT2D eigenvalue weighted by Crippen LogP contribution is 2.33. The van der Waals surface area contributed by atoms with Gasteiger partial charge in [-0.15, -0.1) is 18.3 Å². The van der Waals surface area contributed by atoms with Crippen LogP contribution < -0.4 is 10.1 Å². The Morgan fingerprint density at radius 3 is 2.63 bits per heavy atom. The molecule has 11 heteroatoms. The van der Waals surface area contributed by atoms with Gasteiger partial charge in [0.1, 0.15) is 11.3 Å². The van der Waals surface area contributed by atoms with Crippen molar-refractivity contribution < 1.29 is 22.7 Å². The molecule has 0 aliphatic carbocycles. The lowest BCUT2D eigenvalue weighted by Gasteiger charge is -2.13. The smallest absolute Gasteiger partial charge is 0.405 e. The average Bonchev–Trinajstić information content (AvgIpc) is 3.12. The van der Waals surface area contributed by atoms with E-state index < -0.39 is 18.0 Å². The highest BCUT2D eigenvalue weighted by atomic mass is 19.4. The number of carbonyl (C=O) groups is 1. The van der Waals surface area contributed by atoms with Crippen molar-refractivity contribution in [1.29, 1.82) is 0 Å². The van der Waals surface area contributed by atoms with Crippen molar-refractivity contribution in [2.24, 2.45) is 0 Å². The maximum absolute atomic E-state index is 12.7. The van der Waals surface area contributed by atoms with Crippen molar-refractivity contribution in [3.8, 4) is 17.0 Å². The fraction of sp³-hybridized carbons (Fsp3) is 0.105. The highest BCUT2D eigenvalue weighted by Gasteiger charge is 2.32. The van der Waals surface area contributed by atoms with Gasteiger partial charge < -0.3 is 10.1 Å². The van der Waals surface area contributed by atoms with Crippen LogP contribution in [-0.4, -0.2) is 37.1 Å². The molecule has 30 heavy (non-hydrogen) atoms. The minimum Gasteiger partial charge on any atom is -0.405 e. The van der Waals surface area contributed by atoms with Crippen molar-refractivity contribution >= 4 is 17.4 Å². The first-order chi connectivity index (χ1) is 14.3. The van der Waals surface area contributed by atoms with E-state index in [0.717, 1.165) is 0 Å². The van der Waals surface area contributed by atoms with Crippen molar-refractivity contribution in [2.45, 2.75) is 13.3 Å². The zero-order valence-electron chi connectivity index (χ0n) is 15.4. The van der Waals surface area contributed by atoms with E-state index in [0.29, 0.717) is 5.69 Å². The quantitative estimate of drug-likeness (QED) is 0.548. The van der Waals surface area contributed by atoms with E-state index in [2.05, 4.69) is 30.3 Å². The second kappa shape index (κ2) is 7.43. The summed E-state index contributed by atoms with van der Waals surface area (Å²) in [7, 11) is 0. The van der Waals surface area contributed by atoms with E-state index in [1.165, 1.54) is 41.2 Å². The number of alkyl halides is 3. The van der Waals surface area contributed by atoms with Gasteiger partial charge in [-0.2, -0.15) is 10.2 Å². The van der Waals surface area contributed by atoms with Gasteiger partial charge in [-0.3, -0.25) is 4.79 Å². The molecule has 4 rings (SSSR count). The number of carbonyl (C=O) groups excluding carboxylic acids is 1. The van der Waals surface area contributed by atoms with Gasteiger partial charge in [0.2, 0.25) is 0 Å². The Morgan fingerprint density at radius 2 is 1.90 bits per heavy atom. The Labute approximate surface area is 167 Å². The van der Waals surface area contributed by atoms with Crippen LogP contribution in [0.1, 0.15) is 16.1 Å². The molecule has 0 radical (unpaired) electrons. The molecule has 1 N–H and O–H groups in total. The number of rotatable bonds is 4. The monoisotopic (exact) mass is 414 g/mol. The number of aryl methyl sites for hydroxylation is 1. The topological polar surface area (TPSA) is 94.3 Å². The number of fused-ring (bicyclic) bond motifs is 1. The molecule has 0 fully saturated rings. The third kappa shape index (κ3) is 4.04. The van der Waals surface area contributed by atoms with Crippen molar-refractivity contribution in [2.75, 3.05) is 5.32 Å². The molecule has 0 saturated carbocycles. The molecule has 0 aliphatic heterocycles. The van der Waals surface area contributed by atoms with Crippen molar-refractivity contribution in [3.63, 3.8) is 0 Å². The van der Waals surface area contributed by atoms with Gasteiger partial charge in [0, 0.05) is 11.8 Å². The number of anilines is 1. The predicted molar refractivity (Wildman–Crippen MR) is 99.8 cm³/mol. The molecule has 0 atom stereocenters. The van der Waals surface area contributed by atoms with Crippen LogP contribution in [0.5, 0.6) is 5.75 Å². The molecular formula is C19H13F3N6O2. The van der Waals surface area contributed by atoms with Gasteiger partial charge >= 0.3 is 6.36 Å². The lowest BCUT2D eigenvalue weighted by molar-refractivity contribution is -0.274. The van der Waals surface area contributed by atoms with Gasteiger partial charge in [-0.05, 0) is 37.3 Å². The molecule has 3 heterocycles. The Bertz CT molecular complexity index is 1220. The lowest BCUT2D eigenvalue weighted by atomic mass is 10.1. The molecule has 3 aromatic heterocycles. The maximum atomic E-state index is 12.7. The minimum absolute atomic E-state index is 0.119. The van der Waals surface area contributed by atoms with E-state index in [1.54, 1.807) is 25.1 Å². The third-order valence-corrected chi connectivity index (χ3v) is 4.04. The SMILES string of the molecule is Cc1ccc(NC(=O)c2cnn3ccc(-c4ccccc4OC(F)(F)F)nc23)nn1. The second-order valence-corrected chi connectivity index (χ2v) is 6.20. The van der Waals surface area contributed by atoms with E-state index in [4.69, 9.17) is 0 Å². The van der Waals surface area contributed by atoms with Gasteiger partial charge in [0.05, 0.1) is 17.6 Å². The first-order valence-electron chi connectivity index (χ1n) is 8.61. The first kappa shape index (κ1) is 19.3. The van der Waals surface area contributed by atoms with Crippen LogP contribution >= 0.6 is 0 Å². The molecule has 8 nitrogen and oxygen atoms in total. The molecule has 1 amide bonds. The molecule has 0 saturated heterocycles. The molecule has 0 spiro atoms. The second-order valence-electron chi connectivity index (χ2n) is 6.20. The van der Waals surface area contributed by atoms with E-state index in [-0.39, 0.29) is 28.3 Å². The Hall–Kier alpha value is -4.02. The van der Waals surface area contributed by atoms with Gasteiger partial charge in [-0.25, -0.2) is 9.50 Å². The molecule has 1 aromatic carbocycles. The Kier molecular flexibility index (Phi) is 4.78. The summed E-state index contributed by atoms with van der Waals surface area (Å²) < 4.78 is 43.6. The number of benzene rings is 1. The summed E-state index contributed by atoms with van der Waals surface area (Å²) in [5.41, 5.74) is 1.27. The molecule has 4 aromatic rings. The fourth-order valence-electron chi connectivity index (χ4n) is 2.72. The average molecular weight is 414 g/mol. The highest BCUT2D eigenvalue weighted by molar-refractivity contribution is 6.07. The number of hydrogen-bond acceptors (Lipinski definition) is 6. The third-order valence-electron chi connectivity index (χ3n) is 4.04. The number of amides is 1. The zero-order chi connectivity index (χ0) is 21.3. The standard InChI is InChI=1S/C19H13F3N6O2/c1-11-6-7-16(27-26-11)25-18(29)13-10-23-28-9-8-14(24-17(13)28)12-4-2-3-5-15(12)30-19(20,21)22/h2-10H,1H3,(H,25,27,29). The summed E-state index contributed by atoms with van der Waals surface area (Å²) in [6.45, 7) is 1.76. The molecule has 0 aliphatic rings. The number of nitrogens with one attached hydrogen (secondary N) is 1. The van der Waals surface area contributed by atoms with Gasteiger partial charge in [0.25, 0.3) is 5.91 Å². The van der Waals surface area contributed by atoms with Crippen LogP contribution in [0, 0.1) is 6.92 Å². The van der Waals surface area contributed by atoms with Gasteiger partial charge in [-0.1, -0.05) is 12.1 Å². The molecule has 152 valence electrons. The predicted octanol–water partition coefficient (Wildman–Crippen LogP) is 3.65. The molecular weight excluding hydrogens is 401 g/mol. The number of halogens is 3. The summed E-state index contributed by atoms with van der Waals surface area (Å²) in [5, 5.41) is 14.4. The van der Waals surface area contributed by atoms with Crippen LogP contribution in [0.15, 0.2) is 54.9 Å². The number of para-hydroxylation sites is 1. The maximum Gasteiger partial charge on any atom is 0.573 e. The molecule has 0 unspecified atom stereocenters. The molecule has 0 bridgehead atoms. The van der Waals surface area contributed by atoms with E-state index in [9.17, 15) is 18.0 Å². The van der Waals surface area contributed by atoms with Crippen LogP contribution in [-0.2, 0) is 0 Å². The summed E-state index contributed by atoms with van der Waals surface area (Å²) in [6, 6.07) is 10.4. The summed E-state index contributed by atoms with van der Waals surface area (Å²) in [4.78, 5) is 17.0. The van der Waals surface area contributed by atoms with Crippen LogP contribution in [0.3, 0.4) is 0 Å². The van der Waals surface area contributed by atoms with Gasteiger partial charge in [0.15, 0.2) is 11.5 Å². The lowest BCUT2D eigenvalue weighted by Crippen LogP contribution is -2.17. The number of hydrogen-bond donors (Lipinski definition) is 1. The number of nitrogens with zero attached hydrogens (tertiary/aromatic N) is 5. The van der Waals surface area contributed by atoms with Crippen molar-refractivity contribution in [1.82, 2.24) is 24.8 Å². The first-order valence-corrected chi connectivity index (χ1v) is 8.61.